The molecule has 3 rings (SSSR count). The van der Waals surface area contributed by atoms with Crippen molar-refractivity contribution in [1.29, 1.82) is 0 Å². The number of hydrogen-bond acceptors (Lipinski definition) is 3. The maximum absolute atomic E-state index is 11.7. The fourth-order valence-electron chi connectivity index (χ4n) is 5.52. The van der Waals surface area contributed by atoms with E-state index in [0.29, 0.717) is 18.9 Å². The predicted molar refractivity (Wildman–Crippen MR) is 90.8 cm³/mol. The number of aliphatic hydroxyl groups excluding tert-OH is 1. The summed E-state index contributed by atoms with van der Waals surface area (Å²) in [4.78, 5) is 11.7. The van der Waals surface area contributed by atoms with Crippen LogP contribution in [0, 0.1) is 22.7 Å². The van der Waals surface area contributed by atoms with E-state index in [1.165, 1.54) is 19.3 Å². The van der Waals surface area contributed by atoms with E-state index in [1.54, 1.807) is 0 Å². The number of rotatable bonds is 2. The summed E-state index contributed by atoms with van der Waals surface area (Å²) in [5.74, 6) is 0.581. The Kier molecular flexibility index (Phi) is 4.20. The van der Waals surface area contributed by atoms with Crippen LogP contribution in [-0.2, 0) is 9.53 Å². The standard InChI is InChI=1S/C20H30O3/c1-13-15(7-6-14-8-11-23-18(14)22)20(4)10-5-9-19(2,3)17(20)12-16(13)21/h6,15-17,21H,1,5,7-12H2,2-4H3/b14-6-/t15-,16-,17-,20+/m0/s1. The van der Waals surface area contributed by atoms with Gasteiger partial charge in [0.05, 0.1) is 12.7 Å². The van der Waals surface area contributed by atoms with Crippen molar-refractivity contribution in [2.75, 3.05) is 6.61 Å². The summed E-state index contributed by atoms with van der Waals surface area (Å²) in [5.41, 5.74) is 2.18. The molecule has 1 heterocycles. The van der Waals surface area contributed by atoms with E-state index in [-0.39, 0.29) is 22.7 Å². The number of cyclic esters (lactones) is 1. The molecule has 0 bridgehead atoms. The smallest absolute Gasteiger partial charge is 0.333 e. The van der Waals surface area contributed by atoms with E-state index in [0.717, 1.165) is 24.0 Å². The zero-order chi connectivity index (χ0) is 16.8. The van der Waals surface area contributed by atoms with Crippen molar-refractivity contribution < 1.29 is 14.6 Å². The van der Waals surface area contributed by atoms with Crippen LogP contribution in [0.25, 0.3) is 0 Å². The maximum Gasteiger partial charge on any atom is 0.333 e. The maximum atomic E-state index is 11.7. The Morgan fingerprint density at radius 1 is 1.35 bits per heavy atom. The summed E-state index contributed by atoms with van der Waals surface area (Å²) < 4.78 is 5.04. The minimum absolute atomic E-state index is 0.164. The van der Waals surface area contributed by atoms with Gasteiger partial charge in [-0.25, -0.2) is 4.79 Å². The molecule has 3 nitrogen and oxygen atoms in total. The Morgan fingerprint density at radius 3 is 2.74 bits per heavy atom. The van der Waals surface area contributed by atoms with Gasteiger partial charge in [-0.15, -0.1) is 0 Å². The quantitative estimate of drug-likeness (QED) is 0.475. The molecular formula is C20H30O3. The van der Waals surface area contributed by atoms with E-state index in [2.05, 4.69) is 27.4 Å². The van der Waals surface area contributed by atoms with E-state index < -0.39 is 6.10 Å². The number of esters is 1. The number of allylic oxidation sites excluding steroid dienone is 1. The van der Waals surface area contributed by atoms with Crippen LogP contribution in [0.5, 0.6) is 0 Å². The molecule has 0 aromatic carbocycles. The highest BCUT2D eigenvalue weighted by Crippen LogP contribution is 2.61. The summed E-state index contributed by atoms with van der Waals surface area (Å²) in [6, 6.07) is 0. The topological polar surface area (TPSA) is 46.5 Å². The van der Waals surface area contributed by atoms with E-state index >= 15 is 0 Å². The second kappa shape index (κ2) is 5.77. The minimum Gasteiger partial charge on any atom is -0.462 e. The Hall–Kier alpha value is -1.09. The molecule has 1 aliphatic heterocycles. The van der Waals surface area contributed by atoms with Crippen molar-refractivity contribution in [3.63, 3.8) is 0 Å². The molecule has 2 aliphatic carbocycles. The average molecular weight is 318 g/mol. The number of fused-ring (bicyclic) bond motifs is 1. The second-order valence-corrected chi connectivity index (χ2v) is 8.63. The highest BCUT2D eigenvalue weighted by Gasteiger charge is 2.54. The normalized spacial score (nSPS) is 41.7. The molecule has 2 saturated carbocycles. The average Bonchev–Trinajstić information content (AvgIpc) is 2.87. The van der Waals surface area contributed by atoms with Crippen molar-refractivity contribution in [1.82, 2.24) is 0 Å². The predicted octanol–water partition coefficient (Wildman–Crippen LogP) is 4.02. The lowest BCUT2D eigenvalue weighted by atomic mass is 9.46. The highest BCUT2D eigenvalue weighted by molar-refractivity contribution is 5.90. The lowest BCUT2D eigenvalue weighted by Gasteiger charge is -2.59. The second-order valence-electron chi connectivity index (χ2n) is 8.63. The van der Waals surface area contributed by atoms with Gasteiger partial charge < -0.3 is 9.84 Å². The number of carbonyl (C=O) groups excluding carboxylic acids is 1. The van der Waals surface area contributed by atoms with Crippen LogP contribution in [0.4, 0.5) is 0 Å². The van der Waals surface area contributed by atoms with E-state index in [4.69, 9.17) is 4.74 Å². The Balaban J connectivity index is 1.89. The first kappa shape index (κ1) is 16.8. The minimum atomic E-state index is -0.413. The fourth-order valence-corrected chi connectivity index (χ4v) is 5.52. The highest BCUT2D eigenvalue weighted by atomic mass is 16.5. The van der Waals surface area contributed by atoms with Gasteiger partial charge in [-0.3, -0.25) is 0 Å². The van der Waals surface area contributed by atoms with Gasteiger partial charge in [-0.05, 0) is 53.9 Å². The van der Waals surface area contributed by atoms with Gasteiger partial charge in [0, 0.05) is 12.0 Å². The molecule has 0 aromatic rings. The molecule has 3 heteroatoms. The number of hydrogen-bond donors (Lipinski definition) is 1. The summed E-state index contributed by atoms with van der Waals surface area (Å²) in [7, 11) is 0. The van der Waals surface area contributed by atoms with Crippen molar-refractivity contribution in [3.8, 4) is 0 Å². The summed E-state index contributed by atoms with van der Waals surface area (Å²) >= 11 is 0. The molecule has 0 spiro atoms. The zero-order valence-electron chi connectivity index (χ0n) is 14.7. The molecule has 1 saturated heterocycles. The Bertz CT molecular complexity index is 545. The van der Waals surface area contributed by atoms with Crippen LogP contribution in [0.3, 0.4) is 0 Å². The van der Waals surface area contributed by atoms with Crippen LogP contribution in [0.15, 0.2) is 23.8 Å². The third-order valence-corrected chi connectivity index (χ3v) is 6.87. The summed E-state index contributed by atoms with van der Waals surface area (Å²) in [6.45, 7) is 11.8. The lowest BCUT2D eigenvalue weighted by molar-refractivity contribution is -0.135. The van der Waals surface area contributed by atoms with Crippen molar-refractivity contribution in [2.45, 2.75) is 65.4 Å². The van der Waals surface area contributed by atoms with Crippen LogP contribution < -0.4 is 0 Å². The SMILES string of the molecule is C=C1[C@@H](O)C[C@H]2C(C)(C)CCC[C@]2(C)[C@H]1C/C=C1/CCOC1=O. The molecule has 1 N–H and O–H groups in total. The third kappa shape index (κ3) is 2.77. The largest absolute Gasteiger partial charge is 0.462 e. The van der Waals surface area contributed by atoms with Gasteiger partial charge in [0.15, 0.2) is 0 Å². The van der Waals surface area contributed by atoms with Crippen molar-refractivity contribution in [2.24, 2.45) is 22.7 Å². The fraction of sp³-hybridized carbons (Fsp3) is 0.750. The van der Waals surface area contributed by atoms with Gasteiger partial charge in [0.25, 0.3) is 0 Å². The van der Waals surface area contributed by atoms with E-state index in [9.17, 15) is 9.90 Å². The summed E-state index contributed by atoms with van der Waals surface area (Å²) in [5, 5.41) is 10.6. The molecule has 0 radical (unpaired) electrons. The molecule has 0 aromatic heterocycles. The first-order valence-electron chi connectivity index (χ1n) is 8.98. The molecule has 3 aliphatic rings. The Morgan fingerprint density at radius 2 is 2.09 bits per heavy atom. The number of ether oxygens (including phenoxy) is 1. The van der Waals surface area contributed by atoms with Crippen molar-refractivity contribution >= 4 is 5.97 Å². The number of carbonyl (C=O) groups is 1. The molecule has 0 amide bonds. The number of aliphatic hydroxyl groups is 1. The first-order valence-corrected chi connectivity index (χ1v) is 8.98. The molecule has 23 heavy (non-hydrogen) atoms. The first-order chi connectivity index (χ1) is 10.8. The van der Waals surface area contributed by atoms with Crippen LogP contribution in [0.1, 0.15) is 59.3 Å². The monoisotopic (exact) mass is 318 g/mol. The van der Waals surface area contributed by atoms with Crippen molar-refractivity contribution in [3.05, 3.63) is 23.8 Å². The molecular weight excluding hydrogens is 288 g/mol. The van der Waals surface area contributed by atoms with Gasteiger partial charge >= 0.3 is 5.97 Å². The van der Waals surface area contributed by atoms with Crippen LogP contribution in [-0.4, -0.2) is 23.8 Å². The van der Waals surface area contributed by atoms with Crippen LogP contribution >= 0.6 is 0 Å². The van der Waals surface area contributed by atoms with E-state index in [1.807, 2.05) is 6.08 Å². The third-order valence-electron chi connectivity index (χ3n) is 6.87. The van der Waals surface area contributed by atoms with Gasteiger partial charge in [0.2, 0.25) is 0 Å². The molecule has 4 atom stereocenters. The van der Waals surface area contributed by atoms with Gasteiger partial charge in [-0.2, -0.15) is 0 Å². The van der Waals surface area contributed by atoms with Gasteiger partial charge in [0.1, 0.15) is 0 Å². The molecule has 0 unspecified atom stereocenters. The molecule has 128 valence electrons. The Labute approximate surface area is 139 Å². The lowest BCUT2D eigenvalue weighted by Crippen LogP contribution is -2.52. The zero-order valence-corrected chi connectivity index (χ0v) is 14.7. The molecule has 3 fully saturated rings. The van der Waals surface area contributed by atoms with Gasteiger partial charge in [-0.1, -0.05) is 39.8 Å². The summed E-state index contributed by atoms with van der Waals surface area (Å²) in [6.07, 6.45) is 7.63. The van der Waals surface area contributed by atoms with Crippen LogP contribution in [0.2, 0.25) is 0 Å².